The molecule has 23 heavy (non-hydrogen) atoms. The molecule has 0 unspecified atom stereocenters. The first kappa shape index (κ1) is 15.8. The Morgan fingerprint density at radius 2 is 1.83 bits per heavy atom. The largest absolute Gasteiger partial charge is 0.481 e. The van der Waals surface area contributed by atoms with Crippen molar-refractivity contribution in [1.29, 1.82) is 0 Å². The summed E-state index contributed by atoms with van der Waals surface area (Å²) in [6.45, 7) is 2.07. The average Bonchev–Trinajstić information content (AvgIpc) is 3.10. The van der Waals surface area contributed by atoms with Gasteiger partial charge in [0, 0.05) is 25.3 Å². The zero-order valence-corrected chi connectivity index (χ0v) is 13.2. The molecule has 2 N–H and O–H groups in total. The molecule has 6 heteroatoms. The Kier molecular flexibility index (Phi) is 4.79. The number of carboxylic acids is 1. The number of aliphatic carboxylic acids is 1. The Hall–Kier alpha value is -2.11. The summed E-state index contributed by atoms with van der Waals surface area (Å²) in [5.74, 6) is -0.175. The number of amides is 1. The lowest BCUT2D eigenvalue weighted by Crippen LogP contribution is -2.38. The van der Waals surface area contributed by atoms with Crippen molar-refractivity contribution in [3.8, 4) is 0 Å². The number of carboxylic acid groups (broad SMARTS) is 1. The zero-order valence-electron chi connectivity index (χ0n) is 13.2. The first-order valence-electron chi connectivity index (χ1n) is 8.38. The van der Waals surface area contributed by atoms with Gasteiger partial charge < -0.3 is 15.3 Å². The van der Waals surface area contributed by atoms with Crippen LogP contribution < -0.4 is 10.2 Å². The standard InChI is InChI=1S/C17H23N3O3/c21-16(19-14-6-3-12(4-7-14)17(22)23)13-5-8-15(18-11-13)20-9-1-2-10-20/h5,8,11-12,14H,1-4,6-7,9-10H2,(H,19,21)(H,22,23). The van der Waals surface area contributed by atoms with Crippen LogP contribution >= 0.6 is 0 Å². The summed E-state index contributed by atoms with van der Waals surface area (Å²) in [4.78, 5) is 29.9. The van der Waals surface area contributed by atoms with E-state index >= 15 is 0 Å². The van der Waals surface area contributed by atoms with Gasteiger partial charge in [-0.15, -0.1) is 0 Å². The second kappa shape index (κ2) is 6.98. The van der Waals surface area contributed by atoms with Crippen molar-refractivity contribution in [1.82, 2.24) is 10.3 Å². The highest BCUT2D eigenvalue weighted by Gasteiger charge is 2.27. The fourth-order valence-electron chi connectivity index (χ4n) is 3.41. The number of rotatable bonds is 4. The molecular formula is C17H23N3O3. The molecular weight excluding hydrogens is 294 g/mol. The smallest absolute Gasteiger partial charge is 0.306 e. The minimum absolute atomic E-state index is 0.0661. The highest BCUT2D eigenvalue weighted by atomic mass is 16.4. The van der Waals surface area contributed by atoms with E-state index in [1.54, 1.807) is 6.20 Å². The molecule has 2 fully saturated rings. The van der Waals surface area contributed by atoms with E-state index in [-0.39, 0.29) is 17.9 Å². The number of nitrogens with one attached hydrogen (secondary N) is 1. The summed E-state index contributed by atoms with van der Waals surface area (Å²) in [5, 5.41) is 12.0. The first-order chi connectivity index (χ1) is 11.1. The van der Waals surface area contributed by atoms with Gasteiger partial charge >= 0.3 is 5.97 Å². The van der Waals surface area contributed by atoms with Gasteiger partial charge in [0.25, 0.3) is 5.91 Å². The van der Waals surface area contributed by atoms with Crippen molar-refractivity contribution >= 4 is 17.7 Å². The first-order valence-corrected chi connectivity index (χ1v) is 8.38. The molecule has 1 aliphatic heterocycles. The van der Waals surface area contributed by atoms with Crippen molar-refractivity contribution in [3.63, 3.8) is 0 Å². The molecule has 0 radical (unpaired) electrons. The molecule has 1 amide bonds. The van der Waals surface area contributed by atoms with Crippen LogP contribution in [0.4, 0.5) is 5.82 Å². The van der Waals surface area contributed by atoms with Crippen LogP contribution in [0.1, 0.15) is 48.9 Å². The number of aromatic nitrogens is 1. The predicted octanol–water partition coefficient (Wildman–Crippen LogP) is 2.05. The molecule has 1 aliphatic carbocycles. The normalized spacial score (nSPS) is 24.4. The molecule has 3 rings (SSSR count). The summed E-state index contributed by atoms with van der Waals surface area (Å²) in [7, 11) is 0. The topological polar surface area (TPSA) is 82.5 Å². The second-order valence-electron chi connectivity index (χ2n) is 6.46. The minimum atomic E-state index is -0.725. The molecule has 1 saturated carbocycles. The molecule has 0 atom stereocenters. The number of hydrogen-bond acceptors (Lipinski definition) is 4. The average molecular weight is 317 g/mol. The third kappa shape index (κ3) is 3.81. The fourth-order valence-corrected chi connectivity index (χ4v) is 3.41. The van der Waals surface area contributed by atoms with Gasteiger partial charge in [0.05, 0.1) is 11.5 Å². The van der Waals surface area contributed by atoms with Crippen molar-refractivity contribution in [2.75, 3.05) is 18.0 Å². The molecule has 6 nitrogen and oxygen atoms in total. The third-order valence-corrected chi connectivity index (χ3v) is 4.85. The maximum absolute atomic E-state index is 12.3. The van der Waals surface area contributed by atoms with Gasteiger partial charge in [-0.3, -0.25) is 9.59 Å². The van der Waals surface area contributed by atoms with Crippen LogP contribution in [-0.2, 0) is 4.79 Å². The molecule has 1 saturated heterocycles. The molecule has 124 valence electrons. The SMILES string of the molecule is O=C(NC1CCC(C(=O)O)CC1)c1ccc(N2CCCC2)nc1. The summed E-state index contributed by atoms with van der Waals surface area (Å²) >= 11 is 0. The number of anilines is 1. The van der Waals surface area contributed by atoms with E-state index in [1.165, 1.54) is 12.8 Å². The number of carbonyl (C=O) groups is 2. The summed E-state index contributed by atoms with van der Waals surface area (Å²) in [5.41, 5.74) is 0.563. The van der Waals surface area contributed by atoms with E-state index in [4.69, 9.17) is 5.11 Å². The predicted molar refractivity (Wildman–Crippen MR) is 86.5 cm³/mol. The lowest BCUT2D eigenvalue weighted by molar-refractivity contribution is -0.142. The molecule has 1 aromatic rings. The van der Waals surface area contributed by atoms with E-state index < -0.39 is 5.97 Å². The molecule has 0 bridgehead atoms. The highest BCUT2D eigenvalue weighted by Crippen LogP contribution is 2.24. The van der Waals surface area contributed by atoms with Crippen molar-refractivity contribution in [3.05, 3.63) is 23.9 Å². The lowest BCUT2D eigenvalue weighted by Gasteiger charge is -2.26. The van der Waals surface area contributed by atoms with Crippen LogP contribution in [0.25, 0.3) is 0 Å². The van der Waals surface area contributed by atoms with Crippen molar-refractivity contribution < 1.29 is 14.7 Å². The van der Waals surface area contributed by atoms with Gasteiger partial charge in [-0.2, -0.15) is 0 Å². The second-order valence-corrected chi connectivity index (χ2v) is 6.46. The zero-order chi connectivity index (χ0) is 16.2. The maximum Gasteiger partial charge on any atom is 0.306 e. The van der Waals surface area contributed by atoms with E-state index in [0.29, 0.717) is 18.4 Å². The minimum Gasteiger partial charge on any atom is -0.481 e. The number of hydrogen-bond donors (Lipinski definition) is 2. The van der Waals surface area contributed by atoms with Crippen molar-refractivity contribution in [2.45, 2.75) is 44.6 Å². The van der Waals surface area contributed by atoms with Gasteiger partial charge in [0.2, 0.25) is 0 Å². The number of pyridine rings is 1. The van der Waals surface area contributed by atoms with Gasteiger partial charge in [0.1, 0.15) is 5.82 Å². The van der Waals surface area contributed by atoms with Gasteiger partial charge in [-0.1, -0.05) is 0 Å². The highest BCUT2D eigenvalue weighted by molar-refractivity contribution is 5.94. The van der Waals surface area contributed by atoms with Crippen molar-refractivity contribution in [2.24, 2.45) is 5.92 Å². The van der Waals surface area contributed by atoms with E-state index in [2.05, 4.69) is 15.2 Å². The number of nitrogens with zero attached hydrogens (tertiary/aromatic N) is 2. The molecule has 2 heterocycles. The Morgan fingerprint density at radius 3 is 2.39 bits per heavy atom. The van der Waals surface area contributed by atoms with Crippen LogP contribution in [0, 0.1) is 5.92 Å². The summed E-state index contributed by atoms with van der Waals surface area (Å²) < 4.78 is 0. The Balaban J connectivity index is 1.53. The Labute approximate surface area is 135 Å². The molecule has 2 aliphatic rings. The fraction of sp³-hybridized carbons (Fsp3) is 0.588. The van der Waals surface area contributed by atoms with Gasteiger partial charge in [-0.25, -0.2) is 4.98 Å². The Morgan fingerprint density at radius 1 is 1.13 bits per heavy atom. The van der Waals surface area contributed by atoms with Crippen LogP contribution in [0.3, 0.4) is 0 Å². The molecule has 1 aromatic heterocycles. The number of carbonyl (C=O) groups excluding carboxylic acids is 1. The third-order valence-electron chi connectivity index (χ3n) is 4.85. The molecule has 0 spiro atoms. The van der Waals surface area contributed by atoms with E-state index in [0.717, 1.165) is 31.7 Å². The van der Waals surface area contributed by atoms with Crippen LogP contribution in [-0.4, -0.2) is 41.1 Å². The monoisotopic (exact) mass is 317 g/mol. The van der Waals surface area contributed by atoms with Crippen LogP contribution in [0.2, 0.25) is 0 Å². The summed E-state index contributed by atoms with van der Waals surface area (Å²) in [6.07, 6.45) is 6.74. The molecule has 0 aromatic carbocycles. The van der Waals surface area contributed by atoms with E-state index in [1.807, 2.05) is 12.1 Å². The van der Waals surface area contributed by atoms with E-state index in [9.17, 15) is 9.59 Å². The van der Waals surface area contributed by atoms with Gasteiger partial charge in [-0.05, 0) is 50.7 Å². The maximum atomic E-state index is 12.3. The summed E-state index contributed by atoms with van der Waals surface area (Å²) in [6, 6.07) is 3.79. The Bertz CT molecular complexity index is 559. The van der Waals surface area contributed by atoms with Gasteiger partial charge in [0.15, 0.2) is 0 Å². The van der Waals surface area contributed by atoms with Crippen LogP contribution in [0.15, 0.2) is 18.3 Å². The lowest BCUT2D eigenvalue weighted by atomic mass is 9.86. The van der Waals surface area contributed by atoms with Crippen LogP contribution in [0.5, 0.6) is 0 Å². The quantitative estimate of drug-likeness (QED) is 0.888.